The van der Waals surface area contributed by atoms with Gasteiger partial charge >= 0.3 is 5.97 Å². The number of nitrogens with zero attached hydrogens (tertiary/aromatic N) is 1. The highest BCUT2D eigenvalue weighted by Gasteiger charge is 2.21. The van der Waals surface area contributed by atoms with Crippen molar-refractivity contribution >= 4 is 52.2 Å². The van der Waals surface area contributed by atoms with Crippen molar-refractivity contribution in [2.75, 3.05) is 0 Å². The van der Waals surface area contributed by atoms with Gasteiger partial charge in [-0.05, 0) is 48.5 Å². The minimum atomic E-state index is -0.494. The second kappa shape index (κ2) is 10.7. The number of esters is 1. The number of rotatable bonds is 6. The summed E-state index contributed by atoms with van der Waals surface area (Å²) in [6.07, 6.45) is 1.42. The minimum Gasteiger partial charge on any atom is -0.422 e. The van der Waals surface area contributed by atoms with E-state index in [0.717, 1.165) is 10.9 Å². The maximum atomic E-state index is 13.2. The molecule has 1 amide bonds. The second-order valence-corrected chi connectivity index (χ2v) is 8.88. The van der Waals surface area contributed by atoms with Crippen LogP contribution in [0, 0.1) is 0 Å². The van der Waals surface area contributed by atoms with Gasteiger partial charge in [-0.25, -0.2) is 10.2 Å². The Morgan fingerprint density at radius 1 is 0.865 bits per heavy atom. The molecule has 1 heterocycles. The Bertz CT molecular complexity index is 1650. The van der Waals surface area contributed by atoms with Crippen LogP contribution in [0.2, 0.25) is 10.0 Å². The third kappa shape index (κ3) is 5.26. The summed E-state index contributed by atoms with van der Waals surface area (Å²) in [5, 5.41) is 5.90. The highest BCUT2D eigenvalue weighted by molar-refractivity contribution is 6.34. The van der Waals surface area contributed by atoms with Crippen LogP contribution in [0.25, 0.3) is 22.0 Å². The van der Waals surface area contributed by atoms with Crippen molar-refractivity contribution in [3.05, 3.63) is 124 Å². The van der Waals surface area contributed by atoms with Crippen molar-refractivity contribution in [1.29, 1.82) is 0 Å². The molecule has 182 valence electrons. The fraction of sp³-hybridized carbons (Fsp3) is 0. The Hall–Kier alpha value is -4.39. The fourth-order valence-corrected chi connectivity index (χ4v) is 4.31. The molecule has 0 atom stereocenters. The lowest BCUT2D eigenvalue weighted by atomic mass is 10.0. The number of ether oxygens (including phenoxy) is 1. The predicted molar refractivity (Wildman–Crippen MR) is 147 cm³/mol. The van der Waals surface area contributed by atoms with Gasteiger partial charge in [-0.15, -0.1) is 0 Å². The lowest BCUT2D eigenvalue weighted by Crippen LogP contribution is -2.19. The number of hydrogen-bond donors (Lipinski definition) is 2. The zero-order valence-electron chi connectivity index (χ0n) is 19.2. The van der Waals surface area contributed by atoms with Crippen LogP contribution < -0.4 is 10.2 Å². The molecule has 0 saturated heterocycles. The Kier molecular flexibility index (Phi) is 7.03. The Labute approximate surface area is 222 Å². The number of carbonyl (C=O) groups is 2. The number of hydrazone groups is 1. The van der Waals surface area contributed by atoms with E-state index in [2.05, 4.69) is 15.5 Å². The first-order chi connectivity index (χ1) is 18.0. The van der Waals surface area contributed by atoms with E-state index in [9.17, 15) is 9.59 Å². The molecule has 0 aliphatic carbocycles. The van der Waals surface area contributed by atoms with Gasteiger partial charge in [0.15, 0.2) is 0 Å². The zero-order chi connectivity index (χ0) is 25.8. The fourth-order valence-electron chi connectivity index (χ4n) is 3.91. The van der Waals surface area contributed by atoms with Crippen molar-refractivity contribution in [3.8, 4) is 16.9 Å². The van der Waals surface area contributed by atoms with Crippen molar-refractivity contribution in [1.82, 2.24) is 10.4 Å². The van der Waals surface area contributed by atoms with Gasteiger partial charge in [-0.3, -0.25) is 4.79 Å². The lowest BCUT2D eigenvalue weighted by molar-refractivity contribution is 0.0734. The summed E-state index contributed by atoms with van der Waals surface area (Å²) in [6.45, 7) is 0. The average Bonchev–Trinajstić information content (AvgIpc) is 3.29. The van der Waals surface area contributed by atoms with E-state index in [0.29, 0.717) is 38.0 Å². The topological polar surface area (TPSA) is 83.5 Å². The first kappa shape index (κ1) is 24.3. The highest BCUT2D eigenvalue weighted by Crippen LogP contribution is 2.37. The maximum Gasteiger partial charge on any atom is 0.343 e. The number of aromatic nitrogens is 1. The van der Waals surface area contributed by atoms with Crippen LogP contribution in [0.4, 0.5) is 0 Å². The Balaban J connectivity index is 1.42. The van der Waals surface area contributed by atoms with Gasteiger partial charge in [-0.1, -0.05) is 71.7 Å². The molecular weight excluding hydrogens is 509 g/mol. The molecule has 5 rings (SSSR count). The average molecular weight is 528 g/mol. The number of aromatic amines is 1. The van der Waals surface area contributed by atoms with Gasteiger partial charge in [0.1, 0.15) is 11.4 Å². The van der Waals surface area contributed by atoms with E-state index in [1.165, 1.54) is 6.21 Å². The second-order valence-electron chi connectivity index (χ2n) is 8.04. The molecule has 0 aliphatic rings. The largest absolute Gasteiger partial charge is 0.422 e. The standard InChI is InChI=1S/C29H19Cl2N3O3/c30-20-14-15-24-22(16-20)26(21-11-5-6-12-23(21)31)27(33-24)28(35)34-32-17-19-10-4-7-13-25(19)37-29(36)18-8-2-1-3-9-18/h1-17,33H,(H,34,35). The quantitative estimate of drug-likeness (QED) is 0.107. The number of halogens is 2. The van der Waals surface area contributed by atoms with E-state index in [1.54, 1.807) is 72.8 Å². The predicted octanol–water partition coefficient (Wildman–Crippen LogP) is 7.12. The van der Waals surface area contributed by atoms with Crippen molar-refractivity contribution in [3.63, 3.8) is 0 Å². The van der Waals surface area contributed by atoms with Gasteiger partial charge in [-0.2, -0.15) is 5.10 Å². The Morgan fingerprint density at radius 3 is 2.41 bits per heavy atom. The van der Waals surface area contributed by atoms with Gasteiger partial charge in [0.2, 0.25) is 0 Å². The number of H-pyrrole nitrogens is 1. The van der Waals surface area contributed by atoms with E-state index < -0.39 is 11.9 Å². The van der Waals surface area contributed by atoms with Crippen molar-refractivity contribution in [2.24, 2.45) is 5.10 Å². The lowest BCUT2D eigenvalue weighted by Gasteiger charge is -2.08. The highest BCUT2D eigenvalue weighted by atomic mass is 35.5. The molecule has 4 aromatic carbocycles. The molecule has 8 heteroatoms. The van der Waals surface area contributed by atoms with Crippen LogP contribution >= 0.6 is 23.2 Å². The molecule has 0 unspecified atom stereocenters. The van der Waals surface area contributed by atoms with E-state index >= 15 is 0 Å². The van der Waals surface area contributed by atoms with Gasteiger partial charge in [0.25, 0.3) is 5.91 Å². The van der Waals surface area contributed by atoms with Crippen molar-refractivity contribution in [2.45, 2.75) is 0 Å². The molecule has 37 heavy (non-hydrogen) atoms. The third-order valence-corrected chi connectivity index (χ3v) is 6.20. The first-order valence-electron chi connectivity index (χ1n) is 11.3. The molecule has 0 fully saturated rings. The van der Waals surface area contributed by atoms with E-state index in [-0.39, 0.29) is 5.69 Å². The number of fused-ring (bicyclic) bond motifs is 1. The van der Waals surface area contributed by atoms with Gasteiger partial charge in [0, 0.05) is 37.6 Å². The summed E-state index contributed by atoms with van der Waals surface area (Å²) >= 11 is 12.7. The van der Waals surface area contributed by atoms with E-state index in [1.807, 2.05) is 24.3 Å². The summed E-state index contributed by atoms with van der Waals surface area (Å²) in [4.78, 5) is 28.9. The molecule has 5 aromatic rings. The smallest absolute Gasteiger partial charge is 0.343 e. The zero-order valence-corrected chi connectivity index (χ0v) is 20.8. The monoisotopic (exact) mass is 527 g/mol. The minimum absolute atomic E-state index is 0.284. The molecule has 0 saturated carbocycles. The van der Waals surface area contributed by atoms with Gasteiger partial charge in [0.05, 0.1) is 11.8 Å². The molecule has 0 aliphatic heterocycles. The van der Waals surface area contributed by atoms with E-state index in [4.69, 9.17) is 27.9 Å². The summed E-state index contributed by atoms with van der Waals surface area (Å²) in [5.74, 6) is -0.657. The number of hydrogen-bond acceptors (Lipinski definition) is 4. The Morgan fingerprint density at radius 2 is 1.59 bits per heavy atom. The van der Waals surface area contributed by atoms with Crippen LogP contribution in [0.15, 0.2) is 102 Å². The van der Waals surface area contributed by atoms with Crippen molar-refractivity contribution < 1.29 is 14.3 Å². The van der Waals surface area contributed by atoms with Crippen LogP contribution in [0.1, 0.15) is 26.4 Å². The van der Waals surface area contributed by atoms with Crippen LogP contribution in [-0.4, -0.2) is 23.1 Å². The number of para-hydroxylation sites is 1. The van der Waals surface area contributed by atoms with Crippen LogP contribution in [0.3, 0.4) is 0 Å². The summed E-state index contributed by atoms with van der Waals surface area (Å²) < 4.78 is 5.54. The maximum absolute atomic E-state index is 13.2. The number of benzene rings is 4. The molecule has 0 radical (unpaired) electrons. The third-order valence-electron chi connectivity index (χ3n) is 5.63. The molecule has 2 N–H and O–H groups in total. The molecule has 0 spiro atoms. The first-order valence-corrected chi connectivity index (χ1v) is 12.0. The summed E-state index contributed by atoms with van der Waals surface area (Å²) in [6, 6.07) is 28.2. The molecule has 0 bridgehead atoms. The number of amides is 1. The summed E-state index contributed by atoms with van der Waals surface area (Å²) in [7, 11) is 0. The molecule has 1 aromatic heterocycles. The van der Waals surface area contributed by atoms with Crippen LogP contribution in [0.5, 0.6) is 5.75 Å². The summed E-state index contributed by atoms with van der Waals surface area (Å²) in [5.41, 5.74) is 5.80. The normalized spacial score (nSPS) is 11.1. The van der Waals surface area contributed by atoms with Gasteiger partial charge < -0.3 is 9.72 Å². The number of nitrogens with one attached hydrogen (secondary N) is 2. The number of carbonyl (C=O) groups excluding carboxylic acids is 2. The SMILES string of the molecule is O=C(Oc1ccccc1C=NNC(=O)c1[nH]c2ccc(Cl)cc2c1-c1ccccc1Cl)c1ccccc1. The molecular formula is C29H19Cl2N3O3. The molecule has 6 nitrogen and oxygen atoms in total. The van der Waals surface area contributed by atoms with Crippen LogP contribution in [-0.2, 0) is 0 Å².